The van der Waals surface area contributed by atoms with Crippen LogP contribution in [0.2, 0.25) is 5.02 Å². The van der Waals surface area contributed by atoms with Crippen molar-refractivity contribution in [2.24, 2.45) is 5.73 Å². The molecule has 0 aliphatic carbocycles. The lowest BCUT2D eigenvalue weighted by Gasteiger charge is -2.45. The molecule has 1 fully saturated rings. The van der Waals surface area contributed by atoms with Crippen LogP contribution in [0.3, 0.4) is 0 Å². The summed E-state index contributed by atoms with van der Waals surface area (Å²) >= 11 is 6.23. The first-order valence-corrected chi connectivity index (χ1v) is 6.87. The SMILES string of the molecule is Cc1ccc(N2C(=O)[C@@H](N)[C@@H]2c2ccccc2Cl)cc1. The van der Waals surface area contributed by atoms with E-state index in [9.17, 15) is 4.79 Å². The van der Waals surface area contributed by atoms with Crippen molar-refractivity contribution in [2.75, 3.05) is 4.90 Å². The van der Waals surface area contributed by atoms with Crippen LogP contribution in [0.5, 0.6) is 0 Å². The van der Waals surface area contributed by atoms with Crippen LogP contribution in [0.25, 0.3) is 0 Å². The first kappa shape index (κ1) is 13.2. The van der Waals surface area contributed by atoms with E-state index in [1.54, 1.807) is 4.90 Å². The zero-order valence-corrected chi connectivity index (χ0v) is 11.8. The first-order valence-electron chi connectivity index (χ1n) is 6.49. The summed E-state index contributed by atoms with van der Waals surface area (Å²) in [6.07, 6.45) is 0. The van der Waals surface area contributed by atoms with Crippen LogP contribution in [-0.2, 0) is 4.79 Å². The molecule has 3 nitrogen and oxygen atoms in total. The molecule has 0 saturated carbocycles. The highest BCUT2D eigenvalue weighted by Crippen LogP contribution is 2.40. The molecule has 4 heteroatoms. The summed E-state index contributed by atoms with van der Waals surface area (Å²) < 4.78 is 0. The molecule has 1 saturated heterocycles. The van der Waals surface area contributed by atoms with E-state index in [0.29, 0.717) is 5.02 Å². The Kier molecular flexibility index (Phi) is 3.24. The van der Waals surface area contributed by atoms with Crippen LogP contribution in [0.1, 0.15) is 17.2 Å². The molecule has 1 aliphatic rings. The summed E-state index contributed by atoms with van der Waals surface area (Å²) in [6, 6.07) is 14.6. The van der Waals surface area contributed by atoms with Crippen LogP contribution >= 0.6 is 11.6 Å². The molecule has 1 heterocycles. The number of anilines is 1. The summed E-state index contributed by atoms with van der Waals surface area (Å²) in [5.41, 5.74) is 8.87. The first-order chi connectivity index (χ1) is 9.59. The Morgan fingerprint density at radius 1 is 1.10 bits per heavy atom. The second-order valence-corrected chi connectivity index (χ2v) is 5.44. The normalized spacial score (nSPS) is 21.8. The number of β-lactam (4-membered cyclic amide) rings is 1. The summed E-state index contributed by atoms with van der Waals surface area (Å²) in [5, 5.41) is 0.637. The van der Waals surface area contributed by atoms with Gasteiger partial charge in [0.15, 0.2) is 0 Å². The van der Waals surface area contributed by atoms with Gasteiger partial charge in [0.2, 0.25) is 5.91 Å². The van der Waals surface area contributed by atoms with Gasteiger partial charge in [-0.3, -0.25) is 4.79 Å². The van der Waals surface area contributed by atoms with Crippen LogP contribution in [-0.4, -0.2) is 11.9 Å². The summed E-state index contributed by atoms with van der Waals surface area (Å²) in [6.45, 7) is 2.01. The Morgan fingerprint density at radius 2 is 1.75 bits per heavy atom. The number of nitrogens with zero attached hydrogens (tertiary/aromatic N) is 1. The number of hydrogen-bond acceptors (Lipinski definition) is 2. The molecule has 0 unspecified atom stereocenters. The molecule has 0 spiro atoms. The maximum Gasteiger partial charge on any atom is 0.247 e. The number of aryl methyl sites for hydroxylation is 1. The van der Waals surface area contributed by atoms with Crippen LogP contribution in [0.15, 0.2) is 48.5 Å². The fraction of sp³-hybridized carbons (Fsp3) is 0.188. The van der Waals surface area contributed by atoms with Crippen LogP contribution in [0, 0.1) is 6.92 Å². The number of halogens is 1. The molecule has 2 atom stereocenters. The van der Waals surface area contributed by atoms with Gasteiger partial charge in [-0.05, 0) is 30.7 Å². The largest absolute Gasteiger partial charge is 0.318 e. The van der Waals surface area contributed by atoms with E-state index < -0.39 is 6.04 Å². The highest BCUT2D eigenvalue weighted by atomic mass is 35.5. The molecule has 2 aromatic rings. The minimum Gasteiger partial charge on any atom is -0.318 e. The third kappa shape index (κ3) is 1.99. The molecule has 2 N–H and O–H groups in total. The van der Waals surface area contributed by atoms with Gasteiger partial charge in [-0.15, -0.1) is 0 Å². The van der Waals surface area contributed by atoms with Gasteiger partial charge in [-0.2, -0.15) is 0 Å². The molecule has 2 aromatic carbocycles. The second kappa shape index (κ2) is 4.93. The van der Waals surface area contributed by atoms with Gasteiger partial charge in [0.05, 0.1) is 6.04 Å². The van der Waals surface area contributed by atoms with Crippen molar-refractivity contribution in [3.8, 4) is 0 Å². The van der Waals surface area contributed by atoms with E-state index in [1.807, 2.05) is 55.5 Å². The number of nitrogens with two attached hydrogens (primary N) is 1. The van der Waals surface area contributed by atoms with Gasteiger partial charge in [-0.1, -0.05) is 47.5 Å². The van der Waals surface area contributed by atoms with Crippen molar-refractivity contribution in [1.29, 1.82) is 0 Å². The van der Waals surface area contributed by atoms with Gasteiger partial charge >= 0.3 is 0 Å². The molecule has 1 aliphatic heterocycles. The lowest BCUT2D eigenvalue weighted by molar-refractivity contribution is -0.126. The zero-order valence-electron chi connectivity index (χ0n) is 11.1. The van der Waals surface area contributed by atoms with Gasteiger partial charge < -0.3 is 10.6 Å². The molecule has 3 rings (SSSR count). The highest BCUT2D eigenvalue weighted by molar-refractivity contribution is 6.31. The third-order valence-corrected chi connectivity index (χ3v) is 4.02. The predicted octanol–water partition coefficient (Wildman–Crippen LogP) is 3.06. The average molecular weight is 287 g/mol. The van der Waals surface area contributed by atoms with Crippen molar-refractivity contribution in [1.82, 2.24) is 0 Å². The van der Waals surface area contributed by atoms with E-state index in [2.05, 4.69) is 0 Å². The van der Waals surface area contributed by atoms with Crippen molar-refractivity contribution in [2.45, 2.75) is 19.0 Å². The Balaban J connectivity index is 2.00. The average Bonchev–Trinajstić information content (AvgIpc) is 2.46. The van der Waals surface area contributed by atoms with Crippen molar-refractivity contribution < 1.29 is 4.79 Å². The number of rotatable bonds is 2. The molecular formula is C16H15ClN2O. The fourth-order valence-corrected chi connectivity index (χ4v) is 2.80. The fourth-order valence-electron chi connectivity index (χ4n) is 2.55. The van der Waals surface area contributed by atoms with E-state index in [0.717, 1.165) is 16.8 Å². The quantitative estimate of drug-likeness (QED) is 0.863. The Hall–Kier alpha value is -1.84. The highest BCUT2D eigenvalue weighted by Gasteiger charge is 2.47. The second-order valence-electron chi connectivity index (χ2n) is 5.04. The predicted molar refractivity (Wildman–Crippen MR) is 80.8 cm³/mol. The smallest absolute Gasteiger partial charge is 0.247 e. The van der Waals surface area contributed by atoms with Crippen LogP contribution < -0.4 is 10.6 Å². The monoisotopic (exact) mass is 286 g/mol. The van der Waals surface area contributed by atoms with Gasteiger partial charge in [0.25, 0.3) is 0 Å². The topological polar surface area (TPSA) is 46.3 Å². The molecule has 20 heavy (non-hydrogen) atoms. The summed E-state index contributed by atoms with van der Waals surface area (Å²) in [7, 11) is 0. The molecule has 0 radical (unpaired) electrons. The minimum absolute atomic E-state index is 0.0706. The van der Waals surface area contributed by atoms with Gasteiger partial charge in [-0.25, -0.2) is 0 Å². The molecule has 0 aromatic heterocycles. The zero-order chi connectivity index (χ0) is 14.3. The maximum atomic E-state index is 12.1. The van der Waals surface area contributed by atoms with Gasteiger partial charge in [0.1, 0.15) is 6.04 Å². The number of carbonyl (C=O) groups is 1. The van der Waals surface area contributed by atoms with Crippen molar-refractivity contribution in [3.63, 3.8) is 0 Å². The maximum absolute atomic E-state index is 12.1. The molecule has 102 valence electrons. The number of amides is 1. The Bertz CT molecular complexity index is 654. The van der Waals surface area contributed by atoms with Crippen molar-refractivity contribution in [3.05, 3.63) is 64.7 Å². The molecule has 1 amide bonds. The van der Waals surface area contributed by atoms with E-state index >= 15 is 0 Å². The minimum atomic E-state index is -0.531. The Labute approximate surface area is 123 Å². The van der Waals surface area contributed by atoms with Crippen LogP contribution in [0.4, 0.5) is 5.69 Å². The Morgan fingerprint density at radius 3 is 2.40 bits per heavy atom. The standard InChI is InChI=1S/C16H15ClN2O/c1-10-6-8-11(9-7-10)19-15(14(18)16(19)20)12-4-2-3-5-13(12)17/h2-9,14-15H,18H2,1H3/t14-,15-/m0/s1. The van der Waals surface area contributed by atoms with E-state index in [-0.39, 0.29) is 11.9 Å². The van der Waals surface area contributed by atoms with Gasteiger partial charge in [0, 0.05) is 10.7 Å². The summed E-state index contributed by atoms with van der Waals surface area (Å²) in [5.74, 6) is -0.0706. The van der Waals surface area contributed by atoms with E-state index in [4.69, 9.17) is 17.3 Å². The number of benzene rings is 2. The van der Waals surface area contributed by atoms with Crippen molar-refractivity contribution >= 4 is 23.2 Å². The molecular weight excluding hydrogens is 272 g/mol. The summed E-state index contributed by atoms with van der Waals surface area (Å²) in [4.78, 5) is 13.8. The number of hydrogen-bond donors (Lipinski definition) is 1. The van der Waals surface area contributed by atoms with E-state index in [1.165, 1.54) is 0 Å². The number of carbonyl (C=O) groups excluding carboxylic acids is 1. The lowest BCUT2D eigenvalue weighted by atomic mass is 9.88. The lowest BCUT2D eigenvalue weighted by Crippen LogP contribution is -2.63. The third-order valence-electron chi connectivity index (χ3n) is 3.68. The molecule has 0 bridgehead atoms.